The van der Waals surface area contributed by atoms with Gasteiger partial charge in [0.25, 0.3) is 5.56 Å². The van der Waals surface area contributed by atoms with Crippen molar-refractivity contribution in [2.45, 2.75) is 44.4 Å². The van der Waals surface area contributed by atoms with Crippen molar-refractivity contribution in [3.8, 4) is 6.07 Å². The smallest absolute Gasteiger partial charge is 0.251 e. The Labute approximate surface area is 167 Å². The van der Waals surface area contributed by atoms with Crippen LogP contribution >= 0.6 is 15.9 Å². The highest BCUT2D eigenvalue weighted by atomic mass is 79.9. The van der Waals surface area contributed by atoms with E-state index in [9.17, 15) is 10.1 Å². The molecule has 3 aromatic rings. The molecule has 2 atom stereocenters. The molecule has 0 amide bonds. The number of halogens is 1. The fraction of sp³-hybridized carbons (Fsp3) is 0.304. The van der Waals surface area contributed by atoms with Crippen molar-refractivity contribution in [3.63, 3.8) is 0 Å². The molecule has 0 bridgehead atoms. The van der Waals surface area contributed by atoms with Gasteiger partial charge in [0.05, 0.1) is 6.07 Å². The summed E-state index contributed by atoms with van der Waals surface area (Å²) < 4.78 is 1.07. The molecule has 1 aromatic heterocycles. The molecule has 3 nitrogen and oxygen atoms in total. The Bertz CT molecular complexity index is 1140. The molecule has 1 N–H and O–H groups in total. The van der Waals surface area contributed by atoms with Gasteiger partial charge in [0.2, 0.25) is 0 Å². The lowest BCUT2D eigenvalue weighted by Crippen LogP contribution is -2.29. The van der Waals surface area contributed by atoms with Crippen LogP contribution in [0.1, 0.15) is 47.9 Å². The second-order valence-corrected chi connectivity index (χ2v) is 8.69. The average Bonchev–Trinajstić information content (AvgIpc) is 3.06. The molecule has 0 radical (unpaired) electrons. The number of hydrogen-bond donors (Lipinski definition) is 1. The van der Waals surface area contributed by atoms with Crippen molar-refractivity contribution >= 4 is 26.8 Å². The largest absolute Gasteiger partial charge is 0.322 e. The van der Waals surface area contributed by atoms with Gasteiger partial charge in [0.15, 0.2) is 0 Å². The normalized spacial score (nSPS) is 18.1. The summed E-state index contributed by atoms with van der Waals surface area (Å²) in [6.07, 6.45) is 2.51. The van der Waals surface area contributed by atoms with Crippen molar-refractivity contribution in [1.29, 1.82) is 5.26 Å². The number of nitrogens with one attached hydrogen (secondary N) is 1. The van der Waals surface area contributed by atoms with Gasteiger partial charge in [0.1, 0.15) is 0 Å². The van der Waals surface area contributed by atoms with Gasteiger partial charge in [0, 0.05) is 27.4 Å². The number of aromatic nitrogens is 1. The minimum atomic E-state index is -0.309. The summed E-state index contributed by atoms with van der Waals surface area (Å²) in [5.74, 6) is 0.277. The third kappa shape index (κ3) is 3.00. The molecular formula is C23H21BrN2O. The van der Waals surface area contributed by atoms with Crippen molar-refractivity contribution in [3.05, 3.63) is 79.5 Å². The molecule has 1 heterocycles. The van der Waals surface area contributed by atoms with Crippen molar-refractivity contribution in [1.82, 2.24) is 4.98 Å². The summed E-state index contributed by atoms with van der Waals surface area (Å²) in [5.41, 5.74) is 4.99. The minimum Gasteiger partial charge on any atom is -0.322 e. The predicted octanol–water partition coefficient (Wildman–Crippen LogP) is 5.50. The fourth-order valence-corrected chi connectivity index (χ4v) is 4.87. The number of aromatic amines is 1. The van der Waals surface area contributed by atoms with E-state index in [4.69, 9.17) is 0 Å². The lowest BCUT2D eigenvalue weighted by molar-refractivity contribution is 0.379. The Balaban J connectivity index is 1.87. The third-order valence-electron chi connectivity index (χ3n) is 6.09. The summed E-state index contributed by atoms with van der Waals surface area (Å²) in [5, 5.41) is 10.6. The number of aryl methyl sites for hydroxylation is 2. The van der Waals surface area contributed by atoms with Crippen LogP contribution < -0.4 is 5.56 Å². The predicted molar refractivity (Wildman–Crippen MR) is 112 cm³/mol. The van der Waals surface area contributed by atoms with Crippen LogP contribution in [0.15, 0.2) is 51.7 Å². The number of H-pyrrole nitrogens is 1. The highest BCUT2D eigenvalue weighted by Gasteiger charge is 2.40. The Morgan fingerprint density at radius 1 is 1.26 bits per heavy atom. The number of nitriles is 1. The maximum absolute atomic E-state index is 12.1. The van der Waals surface area contributed by atoms with Gasteiger partial charge in [-0.05, 0) is 72.0 Å². The van der Waals surface area contributed by atoms with Crippen molar-refractivity contribution < 1.29 is 0 Å². The molecule has 0 aliphatic heterocycles. The van der Waals surface area contributed by atoms with Gasteiger partial charge in [-0.2, -0.15) is 5.26 Å². The van der Waals surface area contributed by atoms with E-state index in [0.717, 1.165) is 33.8 Å². The van der Waals surface area contributed by atoms with Gasteiger partial charge in [-0.1, -0.05) is 41.1 Å². The fourth-order valence-electron chi connectivity index (χ4n) is 4.49. The summed E-state index contributed by atoms with van der Waals surface area (Å²) >= 11 is 3.60. The summed E-state index contributed by atoms with van der Waals surface area (Å²) in [6, 6.07) is 17.0. The summed E-state index contributed by atoms with van der Waals surface area (Å²) in [7, 11) is 0. The van der Waals surface area contributed by atoms with Crippen molar-refractivity contribution in [2.24, 2.45) is 0 Å². The van der Waals surface area contributed by atoms with Gasteiger partial charge < -0.3 is 4.98 Å². The number of pyridine rings is 1. The molecule has 136 valence electrons. The molecule has 4 rings (SSSR count). The van der Waals surface area contributed by atoms with Crippen LogP contribution in [0.5, 0.6) is 0 Å². The van der Waals surface area contributed by atoms with Crippen LogP contribution in [0.25, 0.3) is 10.9 Å². The standard InChI is InChI=1S/C23H21BrN2O/c1-14-11-16-3-6-17(12-21(16)26-22(14)27)23(2,9-10-25)20-8-5-15-4-7-18(24)13-19(15)20/h3-4,6-7,11-13,20H,5,8-9H2,1-2H3,(H,26,27)/t20-,23-/m1/s1. The van der Waals surface area contributed by atoms with Gasteiger partial charge >= 0.3 is 0 Å². The highest BCUT2D eigenvalue weighted by molar-refractivity contribution is 9.10. The maximum Gasteiger partial charge on any atom is 0.251 e. The lowest BCUT2D eigenvalue weighted by atomic mass is 9.67. The molecule has 0 saturated heterocycles. The highest BCUT2D eigenvalue weighted by Crippen LogP contribution is 2.49. The summed E-state index contributed by atoms with van der Waals surface area (Å²) in [4.78, 5) is 15.0. The molecule has 2 aromatic carbocycles. The van der Waals surface area contributed by atoms with Crippen LogP contribution in [0.4, 0.5) is 0 Å². The number of rotatable bonds is 3. The minimum absolute atomic E-state index is 0.0585. The van der Waals surface area contributed by atoms with E-state index in [1.807, 2.05) is 13.0 Å². The van der Waals surface area contributed by atoms with E-state index < -0.39 is 0 Å². The quantitative estimate of drug-likeness (QED) is 0.607. The molecule has 1 aliphatic rings. The molecule has 4 heteroatoms. The lowest BCUT2D eigenvalue weighted by Gasteiger charge is -2.35. The van der Waals surface area contributed by atoms with E-state index >= 15 is 0 Å². The van der Waals surface area contributed by atoms with E-state index in [1.165, 1.54) is 11.1 Å². The zero-order valence-electron chi connectivity index (χ0n) is 15.5. The van der Waals surface area contributed by atoms with Gasteiger partial charge in [-0.3, -0.25) is 4.79 Å². The molecular weight excluding hydrogens is 400 g/mol. The maximum atomic E-state index is 12.1. The Morgan fingerprint density at radius 3 is 2.85 bits per heavy atom. The number of fused-ring (bicyclic) bond motifs is 2. The van der Waals surface area contributed by atoms with Gasteiger partial charge in [-0.15, -0.1) is 0 Å². The third-order valence-corrected chi connectivity index (χ3v) is 6.59. The van der Waals surface area contributed by atoms with E-state index in [0.29, 0.717) is 12.0 Å². The number of hydrogen-bond acceptors (Lipinski definition) is 2. The molecule has 0 spiro atoms. The Morgan fingerprint density at radius 2 is 2.07 bits per heavy atom. The Hall–Kier alpha value is -2.38. The zero-order valence-corrected chi connectivity index (χ0v) is 17.1. The molecule has 27 heavy (non-hydrogen) atoms. The van der Waals surface area contributed by atoms with E-state index in [1.54, 1.807) is 0 Å². The molecule has 0 saturated carbocycles. The second kappa shape index (κ2) is 6.65. The van der Waals surface area contributed by atoms with E-state index in [-0.39, 0.29) is 16.9 Å². The van der Waals surface area contributed by atoms with Crippen LogP contribution in [0.2, 0.25) is 0 Å². The first-order chi connectivity index (χ1) is 12.9. The average molecular weight is 421 g/mol. The first kappa shape index (κ1) is 18.0. The monoisotopic (exact) mass is 420 g/mol. The van der Waals surface area contributed by atoms with Crippen LogP contribution in [-0.2, 0) is 11.8 Å². The topological polar surface area (TPSA) is 56.6 Å². The summed E-state index contributed by atoms with van der Waals surface area (Å²) in [6.45, 7) is 4.00. The molecule has 0 fully saturated rings. The van der Waals surface area contributed by atoms with Crippen LogP contribution in [-0.4, -0.2) is 4.98 Å². The first-order valence-corrected chi connectivity index (χ1v) is 10.0. The van der Waals surface area contributed by atoms with Crippen LogP contribution in [0, 0.1) is 18.3 Å². The second-order valence-electron chi connectivity index (χ2n) is 7.77. The van der Waals surface area contributed by atoms with Crippen LogP contribution in [0.3, 0.4) is 0 Å². The zero-order chi connectivity index (χ0) is 19.2. The molecule has 0 unspecified atom stereocenters. The Kier molecular flexibility index (Phi) is 4.44. The first-order valence-electron chi connectivity index (χ1n) is 9.22. The van der Waals surface area contributed by atoms with E-state index in [2.05, 4.69) is 70.3 Å². The number of nitrogens with zero attached hydrogens (tertiary/aromatic N) is 1. The number of benzene rings is 2. The van der Waals surface area contributed by atoms with Crippen molar-refractivity contribution in [2.75, 3.05) is 0 Å². The molecule has 1 aliphatic carbocycles. The SMILES string of the molecule is Cc1cc2ccc([C@@](C)(CC#N)[C@@H]3CCc4ccc(Br)cc43)cc2[nH]c1=O. The van der Waals surface area contributed by atoms with Gasteiger partial charge in [-0.25, -0.2) is 0 Å².